The van der Waals surface area contributed by atoms with Crippen molar-refractivity contribution >= 4 is 16.8 Å². The van der Waals surface area contributed by atoms with Crippen molar-refractivity contribution in [3.05, 3.63) is 80.7 Å². The minimum Gasteiger partial charge on any atom is -0.508 e. The Morgan fingerprint density at radius 2 is 2.00 bits per heavy atom. The first kappa shape index (κ1) is 25.7. The molecule has 0 bridgehead atoms. The number of carbonyl (C=O) groups is 1. The van der Waals surface area contributed by atoms with Crippen LogP contribution in [0.4, 0.5) is 0 Å². The lowest BCUT2D eigenvalue weighted by Crippen LogP contribution is -2.34. The summed E-state index contributed by atoms with van der Waals surface area (Å²) in [5.41, 5.74) is 3.33. The predicted octanol–water partition coefficient (Wildman–Crippen LogP) is 5.46. The number of allylic oxidation sites excluding steroid dienone is 2. The topological polar surface area (TPSA) is 80.0 Å². The number of fused-ring (bicyclic) bond motifs is 1. The van der Waals surface area contributed by atoms with Crippen LogP contribution in [0, 0.1) is 12.8 Å². The first-order chi connectivity index (χ1) is 17.2. The molecule has 0 saturated carbocycles. The van der Waals surface area contributed by atoms with Gasteiger partial charge in [0, 0.05) is 41.0 Å². The zero-order chi connectivity index (χ0) is 25.8. The van der Waals surface area contributed by atoms with Crippen molar-refractivity contribution in [2.45, 2.75) is 46.5 Å². The first-order valence-electron chi connectivity index (χ1n) is 12.6. The molecule has 6 nitrogen and oxygen atoms in total. The maximum atomic E-state index is 13.0. The molecular weight excluding hydrogens is 454 g/mol. The molecule has 1 aliphatic heterocycles. The Bertz CT molecular complexity index is 1350. The molecule has 1 aliphatic rings. The second kappa shape index (κ2) is 11.1. The van der Waals surface area contributed by atoms with E-state index in [1.165, 1.54) is 12.5 Å². The maximum absolute atomic E-state index is 13.0. The van der Waals surface area contributed by atoms with E-state index in [2.05, 4.69) is 11.9 Å². The molecule has 36 heavy (non-hydrogen) atoms. The molecule has 6 heteroatoms. The number of aryl methyl sites for hydroxylation is 1. The molecule has 0 radical (unpaired) electrons. The fourth-order valence-electron chi connectivity index (χ4n) is 4.76. The lowest BCUT2D eigenvalue weighted by atomic mass is 9.99. The van der Waals surface area contributed by atoms with Gasteiger partial charge in [-0.15, -0.1) is 0 Å². The van der Waals surface area contributed by atoms with E-state index in [4.69, 9.17) is 9.15 Å². The second-order valence-corrected chi connectivity index (χ2v) is 10.2. The van der Waals surface area contributed by atoms with E-state index in [9.17, 15) is 14.7 Å². The largest absolute Gasteiger partial charge is 0.508 e. The quantitative estimate of drug-likeness (QED) is 0.257. The Labute approximate surface area is 212 Å². The predicted molar refractivity (Wildman–Crippen MR) is 142 cm³/mol. The van der Waals surface area contributed by atoms with Gasteiger partial charge in [-0.1, -0.05) is 11.6 Å². The minimum atomic E-state index is -0.520. The van der Waals surface area contributed by atoms with Crippen molar-refractivity contribution in [1.29, 1.82) is 0 Å². The third-order valence-electron chi connectivity index (χ3n) is 6.85. The molecule has 1 N–H and O–H groups in total. The molecule has 4 rings (SSSR count). The highest BCUT2D eigenvalue weighted by atomic mass is 16.5. The molecule has 1 saturated heterocycles. The molecule has 0 spiro atoms. The summed E-state index contributed by atoms with van der Waals surface area (Å²) in [6.07, 6.45) is 4.79. The van der Waals surface area contributed by atoms with Crippen LogP contribution in [-0.4, -0.2) is 42.5 Å². The summed E-state index contributed by atoms with van der Waals surface area (Å²) in [6, 6.07) is 10.3. The van der Waals surface area contributed by atoms with Crippen molar-refractivity contribution in [2.24, 2.45) is 5.92 Å². The van der Waals surface area contributed by atoms with Crippen molar-refractivity contribution < 1.29 is 19.1 Å². The number of Topliss-reactive ketones (excluding diaryl/α,β-unsaturated/α-hetero) is 1. The average Bonchev–Trinajstić information content (AvgIpc) is 2.84. The van der Waals surface area contributed by atoms with Crippen LogP contribution in [0.5, 0.6) is 11.5 Å². The highest BCUT2D eigenvalue weighted by Crippen LogP contribution is 2.28. The molecule has 2 heterocycles. The number of phenolic OH excluding ortho intramolecular Hbond substituents is 1. The van der Waals surface area contributed by atoms with Gasteiger partial charge < -0.3 is 19.2 Å². The molecule has 1 atom stereocenters. The van der Waals surface area contributed by atoms with E-state index >= 15 is 0 Å². The Balaban J connectivity index is 1.51. The number of hydrogen-bond donors (Lipinski definition) is 1. The number of piperidine rings is 1. The number of aromatic hydroxyl groups is 1. The molecule has 190 valence electrons. The standard InChI is InChI=1S/C30H35NO5/c1-19(2)7-8-22-14-23(9-11-26(22)32)27(33)16-25-15-24-10-12-28(20(3)29(24)36-30(25)34)35-18-21-6-5-13-31(4)17-21/h7,9-12,14-15,21,32H,5-6,8,13,16-18H2,1-4H3. The number of rotatable bonds is 8. The number of ketones is 1. The summed E-state index contributed by atoms with van der Waals surface area (Å²) in [5, 5.41) is 10.9. The number of carbonyl (C=O) groups excluding carboxylic acids is 1. The molecular formula is C30H35NO5. The smallest absolute Gasteiger partial charge is 0.339 e. The third-order valence-corrected chi connectivity index (χ3v) is 6.85. The van der Waals surface area contributed by atoms with Crippen molar-refractivity contribution in [3.63, 3.8) is 0 Å². The summed E-state index contributed by atoms with van der Waals surface area (Å²) in [7, 11) is 2.13. The Hall–Kier alpha value is -3.38. The van der Waals surface area contributed by atoms with Crippen molar-refractivity contribution in [1.82, 2.24) is 4.90 Å². The van der Waals surface area contributed by atoms with E-state index in [1.54, 1.807) is 18.2 Å². The van der Waals surface area contributed by atoms with Gasteiger partial charge >= 0.3 is 5.63 Å². The lowest BCUT2D eigenvalue weighted by molar-refractivity contribution is 0.0992. The van der Waals surface area contributed by atoms with Crippen molar-refractivity contribution in [2.75, 3.05) is 26.7 Å². The van der Waals surface area contributed by atoms with Gasteiger partial charge in [0.1, 0.15) is 17.1 Å². The average molecular weight is 490 g/mol. The Morgan fingerprint density at radius 1 is 1.19 bits per heavy atom. The fraction of sp³-hybridized carbons (Fsp3) is 0.400. The van der Waals surface area contributed by atoms with Crippen LogP contribution >= 0.6 is 0 Å². The molecule has 1 aromatic heterocycles. The van der Waals surface area contributed by atoms with Crippen LogP contribution in [0.25, 0.3) is 11.0 Å². The van der Waals surface area contributed by atoms with Gasteiger partial charge in [0.25, 0.3) is 0 Å². The Kier molecular flexibility index (Phi) is 7.94. The summed E-state index contributed by atoms with van der Waals surface area (Å²) in [4.78, 5) is 28.1. The minimum absolute atomic E-state index is 0.0718. The number of nitrogens with zero attached hydrogens (tertiary/aromatic N) is 1. The molecule has 0 amide bonds. The van der Waals surface area contributed by atoms with Gasteiger partial charge in [-0.05, 0) is 95.6 Å². The Morgan fingerprint density at radius 3 is 2.75 bits per heavy atom. The summed E-state index contributed by atoms with van der Waals surface area (Å²) >= 11 is 0. The lowest BCUT2D eigenvalue weighted by Gasteiger charge is -2.29. The van der Waals surface area contributed by atoms with Gasteiger partial charge in [0.05, 0.1) is 6.61 Å². The van der Waals surface area contributed by atoms with Gasteiger partial charge in [0.15, 0.2) is 5.78 Å². The molecule has 0 aliphatic carbocycles. The van der Waals surface area contributed by atoms with Gasteiger partial charge in [-0.25, -0.2) is 4.79 Å². The summed E-state index contributed by atoms with van der Waals surface area (Å²) in [5.74, 6) is 1.16. The number of benzene rings is 2. The van der Waals surface area contributed by atoms with Gasteiger partial charge in [0.2, 0.25) is 0 Å². The van der Waals surface area contributed by atoms with E-state index in [0.29, 0.717) is 41.2 Å². The van der Waals surface area contributed by atoms with Crippen LogP contribution in [0.15, 0.2) is 57.3 Å². The van der Waals surface area contributed by atoms with Crippen LogP contribution in [-0.2, 0) is 12.8 Å². The highest BCUT2D eigenvalue weighted by Gasteiger charge is 2.19. The van der Waals surface area contributed by atoms with E-state index in [1.807, 2.05) is 39.0 Å². The number of phenols is 1. The summed E-state index contributed by atoms with van der Waals surface area (Å²) in [6.45, 7) is 8.65. The fourth-order valence-corrected chi connectivity index (χ4v) is 4.76. The number of likely N-dealkylation sites (tertiary alicyclic amines) is 1. The van der Waals surface area contributed by atoms with Crippen LogP contribution in [0.1, 0.15) is 53.7 Å². The zero-order valence-electron chi connectivity index (χ0n) is 21.6. The third kappa shape index (κ3) is 6.05. The van der Waals surface area contributed by atoms with Crippen molar-refractivity contribution in [3.8, 4) is 11.5 Å². The van der Waals surface area contributed by atoms with Gasteiger partial charge in [-0.2, -0.15) is 0 Å². The monoisotopic (exact) mass is 489 g/mol. The van der Waals surface area contributed by atoms with E-state index in [0.717, 1.165) is 41.8 Å². The number of ether oxygens (including phenoxy) is 1. The van der Waals surface area contributed by atoms with Crippen LogP contribution in [0.2, 0.25) is 0 Å². The highest BCUT2D eigenvalue weighted by molar-refractivity contribution is 5.98. The van der Waals surface area contributed by atoms with Gasteiger partial charge in [-0.3, -0.25) is 4.79 Å². The molecule has 2 aromatic carbocycles. The normalized spacial score (nSPS) is 16.2. The first-order valence-corrected chi connectivity index (χ1v) is 12.6. The molecule has 1 unspecified atom stereocenters. The summed E-state index contributed by atoms with van der Waals surface area (Å²) < 4.78 is 11.8. The number of hydrogen-bond acceptors (Lipinski definition) is 6. The zero-order valence-corrected chi connectivity index (χ0v) is 21.6. The van der Waals surface area contributed by atoms with E-state index in [-0.39, 0.29) is 18.0 Å². The molecule has 3 aromatic rings. The maximum Gasteiger partial charge on any atom is 0.339 e. The molecule has 1 fully saturated rings. The van der Waals surface area contributed by atoms with Crippen LogP contribution < -0.4 is 10.4 Å². The van der Waals surface area contributed by atoms with Crippen LogP contribution in [0.3, 0.4) is 0 Å². The van der Waals surface area contributed by atoms with E-state index < -0.39 is 5.63 Å². The SMILES string of the molecule is CC(C)=CCc1cc(C(=O)Cc2cc3ccc(OCC4CCCN(C)C4)c(C)c3oc2=O)ccc1O. The second-order valence-electron chi connectivity index (χ2n) is 10.2.